The van der Waals surface area contributed by atoms with Gasteiger partial charge in [0.25, 0.3) is 0 Å². The van der Waals surface area contributed by atoms with E-state index in [1.807, 2.05) is 0 Å². The first-order valence-corrected chi connectivity index (χ1v) is 5.64. The van der Waals surface area contributed by atoms with Crippen molar-refractivity contribution >= 4 is 11.8 Å². The Labute approximate surface area is 89.5 Å². The standard InChI is InChI=1S/C11H17NOS/c1-9-3-5-10(6-4-9)14-8-11(2,13)7-12/h3-6,13H,7-8,12H2,1-2H3. The number of nitrogens with two attached hydrogens (primary N) is 1. The Morgan fingerprint density at radius 1 is 1.36 bits per heavy atom. The molecule has 3 N–H and O–H groups in total. The quantitative estimate of drug-likeness (QED) is 0.746. The number of aryl methyl sites for hydroxylation is 1. The lowest BCUT2D eigenvalue weighted by molar-refractivity contribution is 0.0949. The largest absolute Gasteiger partial charge is 0.388 e. The van der Waals surface area contributed by atoms with Crippen molar-refractivity contribution in [2.75, 3.05) is 12.3 Å². The van der Waals surface area contributed by atoms with Crippen LogP contribution in [0.25, 0.3) is 0 Å². The number of hydrogen-bond acceptors (Lipinski definition) is 3. The molecule has 0 aliphatic heterocycles. The van der Waals surface area contributed by atoms with Gasteiger partial charge in [0.15, 0.2) is 0 Å². The first-order valence-electron chi connectivity index (χ1n) is 4.65. The molecule has 2 nitrogen and oxygen atoms in total. The maximum absolute atomic E-state index is 9.69. The highest BCUT2D eigenvalue weighted by molar-refractivity contribution is 7.99. The lowest BCUT2D eigenvalue weighted by Gasteiger charge is -2.20. The molecular formula is C11H17NOS. The first kappa shape index (κ1) is 11.6. The van der Waals surface area contributed by atoms with E-state index < -0.39 is 5.60 Å². The zero-order valence-electron chi connectivity index (χ0n) is 8.66. The van der Waals surface area contributed by atoms with Crippen LogP contribution in [-0.4, -0.2) is 23.0 Å². The van der Waals surface area contributed by atoms with E-state index in [0.29, 0.717) is 12.3 Å². The second-order valence-electron chi connectivity index (χ2n) is 3.80. The zero-order chi connectivity index (χ0) is 10.6. The summed E-state index contributed by atoms with van der Waals surface area (Å²) in [6.45, 7) is 4.12. The normalized spacial score (nSPS) is 15.1. The van der Waals surface area contributed by atoms with Gasteiger partial charge in [-0.25, -0.2) is 0 Å². The van der Waals surface area contributed by atoms with Crippen LogP contribution in [0.4, 0.5) is 0 Å². The van der Waals surface area contributed by atoms with E-state index in [-0.39, 0.29) is 0 Å². The van der Waals surface area contributed by atoms with Crippen LogP contribution in [0.3, 0.4) is 0 Å². The van der Waals surface area contributed by atoms with Gasteiger partial charge in [0, 0.05) is 17.2 Å². The molecule has 0 saturated heterocycles. The number of thioether (sulfide) groups is 1. The second kappa shape index (κ2) is 4.82. The molecule has 0 saturated carbocycles. The third-order valence-corrected chi connectivity index (χ3v) is 3.38. The fourth-order valence-corrected chi connectivity index (χ4v) is 1.86. The molecule has 0 heterocycles. The van der Waals surface area contributed by atoms with Crippen LogP contribution in [0.5, 0.6) is 0 Å². The SMILES string of the molecule is Cc1ccc(SCC(C)(O)CN)cc1. The Morgan fingerprint density at radius 2 is 1.93 bits per heavy atom. The third kappa shape index (κ3) is 3.70. The zero-order valence-corrected chi connectivity index (χ0v) is 9.47. The van der Waals surface area contributed by atoms with E-state index >= 15 is 0 Å². The highest BCUT2D eigenvalue weighted by Crippen LogP contribution is 2.22. The van der Waals surface area contributed by atoms with E-state index in [1.165, 1.54) is 10.5 Å². The lowest BCUT2D eigenvalue weighted by atomic mass is 10.1. The molecule has 3 heteroatoms. The van der Waals surface area contributed by atoms with E-state index in [2.05, 4.69) is 31.2 Å². The molecule has 0 spiro atoms. The summed E-state index contributed by atoms with van der Waals surface area (Å²) >= 11 is 1.63. The average Bonchev–Trinajstić information content (AvgIpc) is 2.17. The predicted molar refractivity (Wildman–Crippen MR) is 61.6 cm³/mol. The van der Waals surface area contributed by atoms with Crippen molar-refractivity contribution in [2.45, 2.75) is 24.3 Å². The number of rotatable bonds is 4. The van der Waals surface area contributed by atoms with Crippen LogP contribution >= 0.6 is 11.8 Å². The van der Waals surface area contributed by atoms with E-state index in [9.17, 15) is 5.11 Å². The van der Waals surface area contributed by atoms with Crippen molar-refractivity contribution in [2.24, 2.45) is 5.73 Å². The maximum Gasteiger partial charge on any atom is 0.0834 e. The van der Waals surface area contributed by atoms with Gasteiger partial charge < -0.3 is 10.8 Å². The molecule has 14 heavy (non-hydrogen) atoms. The molecule has 78 valence electrons. The monoisotopic (exact) mass is 211 g/mol. The highest BCUT2D eigenvalue weighted by Gasteiger charge is 2.17. The van der Waals surface area contributed by atoms with Gasteiger partial charge in [-0.2, -0.15) is 0 Å². The van der Waals surface area contributed by atoms with Gasteiger partial charge in [-0.1, -0.05) is 17.7 Å². The predicted octanol–water partition coefficient (Wildman–Crippen LogP) is 1.80. The van der Waals surface area contributed by atoms with Crippen molar-refractivity contribution < 1.29 is 5.11 Å². The molecular weight excluding hydrogens is 194 g/mol. The molecule has 0 fully saturated rings. The average molecular weight is 211 g/mol. The Balaban J connectivity index is 2.50. The minimum absolute atomic E-state index is 0.297. The molecule has 1 aromatic rings. The van der Waals surface area contributed by atoms with E-state index in [0.717, 1.165) is 0 Å². The summed E-state index contributed by atoms with van der Waals surface area (Å²) in [7, 11) is 0. The molecule has 1 rings (SSSR count). The fraction of sp³-hybridized carbons (Fsp3) is 0.455. The number of aliphatic hydroxyl groups is 1. The van der Waals surface area contributed by atoms with Crippen molar-refractivity contribution in [3.8, 4) is 0 Å². The van der Waals surface area contributed by atoms with Gasteiger partial charge >= 0.3 is 0 Å². The first-order chi connectivity index (χ1) is 6.53. The summed E-state index contributed by atoms with van der Waals surface area (Å²) in [4.78, 5) is 1.17. The molecule has 0 amide bonds. The van der Waals surface area contributed by atoms with Crippen LogP contribution in [0.2, 0.25) is 0 Å². The summed E-state index contributed by atoms with van der Waals surface area (Å²) in [5.41, 5.74) is 5.91. The third-order valence-electron chi connectivity index (χ3n) is 2.01. The minimum Gasteiger partial charge on any atom is -0.388 e. The summed E-state index contributed by atoms with van der Waals surface area (Å²) in [5.74, 6) is 0.632. The lowest BCUT2D eigenvalue weighted by Crippen LogP contribution is -2.36. The van der Waals surface area contributed by atoms with E-state index in [1.54, 1.807) is 18.7 Å². The molecule has 1 unspecified atom stereocenters. The Hall–Kier alpha value is -0.510. The van der Waals surface area contributed by atoms with Crippen molar-refractivity contribution in [3.63, 3.8) is 0 Å². The van der Waals surface area contributed by atoms with Gasteiger partial charge in [-0.3, -0.25) is 0 Å². The van der Waals surface area contributed by atoms with Gasteiger partial charge in [0.1, 0.15) is 0 Å². The smallest absolute Gasteiger partial charge is 0.0834 e. The van der Waals surface area contributed by atoms with Gasteiger partial charge in [-0.05, 0) is 26.0 Å². The van der Waals surface area contributed by atoms with Crippen LogP contribution in [0.15, 0.2) is 29.2 Å². The Kier molecular flexibility index (Phi) is 3.98. The van der Waals surface area contributed by atoms with Crippen LogP contribution < -0.4 is 5.73 Å². The summed E-state index contributed by atoms with van der Waals surface area (Å²) in [6.07, 6.45) is 0. The van der Waals surface area contributed by atoms with Crippen molar-refractivity contribution in [1.82, 2.24) is 0 Å². The maximum atomic E-state index is 9.69. The Morgan fingerprint density at radius 3 is 2.43 bits per heavy atom. The second-order valence-corrected chi connectivity index (χ2v) is 4.85. The molecule has 0 aliphatic carbocycles. The van der Waals surface area contributed by atoms with Crippen molar-refractivity contribution in [1.29, 1.82) is 0 Å². The summed E-state index contributed by atoms with van der Waals surface area (Å²) in [5, 5.41) is 9.69. The number of hydrogen-bond donors (Lipinski definition) is 2. The van der Waals surface area contributed by atoms with Gasteiger partial charge in [0.05, 0.1) is 5.60 Å². The topological polar surface area (TPSA) is 46.2 Å². The molecule has 1 aromatic carbocycles. The van der Waals surface area contributed by atoms with Gasteiger partial charge in [0.2, 0.25) is 0 Å². The fourth-order valence-electron chi connectivity index (χ4n) is 0.932. The van der Waals surface area contributed by atoms with E-state index in [4.69, 9.17) is 5.73 Å². The summed E-state index contributed by atoms with van der Waals surface area (Å²) in [6, 6.07) is 8.26. The van der Waals surface area contributed by atoms with Crippen LogP contribution in [0, 0.1) is 6.92 Å². The summed E-state index contributed by atoms with van der Waals surface area (Å²) < 4.78 is 0. The van der Waals surface area contributed by atoms with Crippen molar-refractivity contribution in [3.05, 3.63) is 29.8 Å². The molecule has 0 bridgehead atoms. The molecule has 0 aliphatic rings. The van der Waals surface area contributed by atoms with Gasteiger partial charge in [-0.15, -0.1) is 11.8 Å². The molecule has 0 radical (unpaired) electrons. The van der Waals surface area contributed by atoms with Crippen LogP contribution in [-0.2, 0) is 0 Å². The highest BCUT2D eigenvalue weighted by atomic mass is 32.2. The Bertz CT molecular complexity index is 282. The van der Waals surface area contributed by atoms with Crippen LogP contribution in [0.1, 0.15) is 12.5 Å². The minimum atomic E-state index is -0.768. The molecule has 1 atom stereocenters. The molecule has 0 aromatic heterocycles. The number of benzene rings is 1.